The van der Waals surface area contributed by atoms with Crippen LogP contribution in [0.2, 0.25) is 5.22 Å². The van der Waals surface area contributed by atoms with Gasteiger partial charge < -0.3 is 9.73 Å². The molecule has 1 heterocycles. The fraction of sp³-hybridized carbons (Fsp3) is 0.467. The zero-order valence-corrected chi connectivity index (χ0v) is 11.3. The molecule has 2 aromatic rings. The highest BCUT2D eigenvalue weighted by molar-refractivity contribution is 6.30. The third-order valence-electron chi connectivity index (χ3n) is 3.91. The number of rotatable bonds is 3. The van der Waals surface area contributed by atoms with Crippen molar-refractivity contribution in [1.82, 2.24) is 5.32 Å². The number of benzene rings is 1. The Morgan fingerprint density at radius 1 is 1.33 bits per heavy atom. The Kier molecular flexibility index (Phi) is 3.31. The maximum absolute atomic E-state index is 6.18. The SMILES string of the molecule is CC1CCC(NCc2c(Cl)oc3ccccc23)C1. The second-order valence-electron chi connectivity index (χ2n) is 5.35. The molecule has 1 fully saturated rings. The van der Waals surface area contributed by atoms with E-state index in [9.17, 15) is 0 Å². The van der Waals surface area contributed by atoms with Crippen molar-refractivity contribution in [1.29, 1.82) is 0 Å². The van der Waals surface area contributed by atoms with E-state index in [1.807, 2.05) is 18.2 Å². The second-order valence-corrected chi connectivity index (χ2v) is 5.69. The van der Waals surface area contributed by atoms with Gasteiger partial charge in [-0.25, -0.2) is 0 Å². The van der Waals surface area contributed by atoms with Crippen LogP contribution in [0.1, 0.15) is 31.7 Å². The van der Waals surface area contributed by atoms with Crippen LogP contribution in [0.3, 0.4) is 0 Å². The van der Waals surface area contributed by atoms with E-state index in [4.69, 9.17) is 16.0 Å². The summed E-state index contributed by atoms with van der Waals surface area (Å²) >= 11 is 6.18. The van der Waals surface area contributed by atoms with Gasteiger partial charge in [0.15, 0.2) is 5.22 Å². The van der Waals surface area contributed by atoms with Crippen LogP contribution in [0.15, 0.2) is 28.7 Å². The molecule has 3 rings (SSSR count). The molecule has 2 unspecified atom stereocenters. The van der Waals surface area contributed by atoms with Crippen molar-refractivity contribution in [2.24, 2.45) is 5.92 Å². The van der Waals surface area contributed by atoms with Gasteiger partial charge in [-0.1, -0.05) is 25.1 Å². The van der Waals surface area contributed by atoms with Crippen molar-refractivity contribution in [3.8, 4) is 0 Å². The highest BCUT2D eigenvalue weighted by atomic mass is 35.5. The van der Waals surface area contributed by atoms with Crippen LogP contribution in [0.5, 0.6) is 0 Å². The van der Waals surface area contributed by atoms with Crippen LogP contribution >= 0.6 is 11.6 Å². The lowest BCUT2D eigenvalue weighted by Crippen LogP contribution is -2.25. The number of para-hydroxylation sites is 1. The monoisotopic (exact) mass is 263 g/mol. The van der Waals surface area contributed by atoms with Gasteiger partial charge >= 0.3 is 0 Å². The maximum atomic E-state index is 6.18. The van der Waals surface area contributed by atoms with E-state index >= 15 is 0 Å². The van der Waals surface area contributed by atoms with Gasteiger partial charge in [-0.05, 0) is 42.8 Å². The number of halogens is 1. The van der Waals surface area contributed by atoms with Crippen molar-refractivity contribution < 1.29 is 4.42 Å². The number of hydrogen-bond donors (Lipinski definition) is 1. The van der Waals surface area contributed by atoms with Crippen LogP contribution in [-0.4, -0.2) is 6.04 Å². The minimum absolute atomic E-state index is 0.523. The van der Waals surface area contributed by atoms with Gasteiger partial charge in [-0.3, -0.25) is 0 Å². The van der Waals surface area contributed by atoms with Gasteiger partial charge in [0.25, 0.3) is 0 Å². The predicted octanol–water partition coefficient (Wildman–Crippen LogP) is 4.36. The van der Waals surface area contributed by atoms with E-state index in [1.165, 1.54) is 19.3 Å². The summed E-state index contributed by atoms with van der Waals surface area (Å²) in [5, 5.41) is 5.25. The van der Waals surface area contributed by atoms with Crippen molar-refractivity contribution >= 4 is 22.6 Å². The molecule has 1 aliphatic rings. The van der Waals surface area contributed by atoms with Gasteiger partial charge in [-0.2, -0.15) is 0 Å². The van der Waals surface area contributed by atoms with Gasteiger partial charge in [-0.15, -0.1) is 0 Å². The Balaban J connectivity index is 1.76. The molecule has 2 atom stereocenters. The number of nitrogens with one attached hydrogen (secondary N) is 1. The van der Waals surface area contributed by atoms with Crippen molar-refractivity contribution in [2.75, 3.05) is 0 Å². The Hall–Kier alpha value is -0.990. The Labute approximate surface area is 112 Å². The van der Waals surface area contributed by atoms with Gasteiger partial charge in [0.1, 0.15) is 5.58 Å². The minimum Gasteiger partial charge on any atom is -0.444 e. The molecule has 1 aromatic heterocycles. The quantitative estimate of drug-likeness (QED) is 0.890. The van der Waals surface area contributed by atoms with Crippen molar-refractivity contribution in [3.05, 3.63) is 35.0 Å². The summed E-state index contributed by atoms with van der Waals surface area (Å²) < 4.78 is 5.56. The van der Waals surface area contributed by atoms with Crippen molar-refractivity contribution in [3.63, 3.8) is 0 Å². The topological polar surface area (TPSA) is 25.2 Å². The van der Waals surface area contributed by atoms with E-state index in [2.05, 4.69) is 18.3 Å². The predicted molar refractivity (Wildman–Crippen MR) is 74.9 cm³/mol. The van der Waals surface area contributed by atoms with Crippen LogP contribution in [-0.2, 0) is 6.54 Å². The molecule has 2 nitrogen and oxygen atoms in total. The minimum atomic E-state index is 0.523. The maximum Gasteiger partial charge on any atom is 0.199 e. The van der Waals surface area contributed by atoms with Crippen LogP contribution in [0.25, 0.3) is 11.0 Å². The first-order valence-corrected chi connectivity index (χ1v) is 7.01. The van der Waals surface area contributed by atoms with Gasteiger partial charge in [0.05, 0.1) is 0 Å². The summed E-state index contributed by atoms with van der Waals surface area (Å²) in [7, 11) is 0. The number of fused-ring (bicyclic) bond motifs is 1. The Morgan fingerprint density at radius 2 is 2.17 bits per heavy atom. The van der Waals surface area contributed by atoms with E-state index in [-0.39, 0.29) is 0 Å². The molecule has 0 spiro atoms. The normalized spacial score (nSPS) is 23.9. The molecule has 0 radical (unpaired) electrons. The lowest BCUT2D eigenvalue weighted by molar-refractivity contribution is 0.500. The highest BCUT2D eigenvalue weighted by Crippen LogP contribution is 2.30. The van der Waals surface area contributed by atoms with E-state index in [0.29, 0.717) is 11.3 Å². The van der Waals surface area contributed by atoms with Gasteiger partial charge in [0, 0.05) is 23.5 Å². The van der Waals surface area contributed by atoms with Crippen LogP contribution in [0.4, 0.5) is 0 Å². The third-order valence-corrected chi connectivity index (χ3v) is 4.22. The molecular formula is C15H18ClNO. The summed E-state index contributed by atoms with van der Waals surface area (Å²) in [6.07, 6.45) is 3.87. The fourth-order valence-electron chi connectivity index (χ4n) is 2.87. The fourth-order valence-corrected chi connectivity index (χ4v) is 3.12. The molecule has 1 N–H and O–H groups in total. The first-order valence-electron chi connectivity index (χ1n) is 6.63. The summed E-state index contributed by atoms with van der Waals surface area (Å²) in [4.78, 5) is 0. The number of hydrogen-bond acceptors (Lipinski definition) is 2. The van der Waals surface area contributed by atoms with Gasteiger partial charge in [0.2, 0.25) is 0 Å². The van der Waals surface area contributed by atoms with Crippen molar-refractivity contribution in [2.45, 2.75) is 38.8 Å². The standard InChI is InChI=1S/C15H18ClNO/c1-10-6-7-11(8-10)17-9-13-12-4-2-3-5-14(12)18-15(13)16/h2-5,10-11,17H,6-9H2,1H3. The second kappa shape index (κ2) is 4.94. The first-order chi connectivity index (χ1) is 8.74. The molecule has 1 aliphatic carbocycles. The summed E-state index contributed by atoms with van der Waals surface area (Å²) in [6, 6.07) is 8.65. The Morgan fingerprint density at radius 3 is 2.94 bits per heavy atom. The zero-order valence-electron chi connectivity index (χ0n) is 10.6. The summed E-state index contributed by atoms with van der Waals surface area (Å²) in [5.41, 5.74) is 1.96. The Bertz CT molecular complexity index is 548. The zero-order chi connectivity index (χ0) is 12.5. The van der Waals surface area contributed by atoms with E-state index < -0.39 is 0 Å². The smallest absolute Gasteiger partial charge is 0.199 e. The largest absolute Gasteiger partial charge is 0.444 e. The number of furan rings is 1. The molecule has 18 heavy (non-hydrogen) atoms. The summed E-state index contributed by atoms with van der Waals surface area (Å²) in [5.74, 6) is 0.846. The molecular weight excluding hydrogens is 246 g/mol. The molecule has 1 aromatic carbocycles. The molecule has 1 saturated carbocycles. The van der Waals surface area contributed by atoms with Crippen LogP contribution in [0, 0.1) is 5.92 Å². The lowest BCUT2D eigenvalue weighted by Gasteiger charge is -2.11. The average molecular weight is 264 g/mol. The lowest BCUT2D eigenvalue weighted by atomic mass is 10.1. The third kappa shape index (κ3) is 2.27. The van der Waals surface area contributed by atoms with E-state index in [1.54, 1.807) is 0 Å². The molecule has 0 saturated heterocycles. The van der Waals surface area contributed by atoms with E-state index in [0.717, 1.165) is 29.0 Å². The average Bonchev–Trinajstić information content (AvgIpc) is 2.90. The van der Waals surface area contributed by atoms with Crippen LogP contribution < -0.4 is 5.32 Å². The molecule has 96 valence electrons. The molecule has 0 amide bonds. The first kappa shape index (κ1) is 12.1. The molecule has 0 aliphatic heterocycles. The molecule has 0 bridgehead atoms. The molecule has 3 heteroatoms. The summed E-state index contributed by atoms with van der Waals surface area (Å²) in [6.45, 7) is 3.12. The highest BCUT2D eigenvalue weighted by Gasteiger charge is 2.21.